The Kier molecular flexibility index (Phi) is 16.8. The monoisotopic (exact) mass is 256 g/mol. The summed E-state index contributed by atoms with van der Waals surface area (Å²) in [4.78, 5) is 0. The molecule has 0 aliphatic rings. The van der Waals surface area contributed by atoms with Gasteiger partial charge in [-0.3, -0.25) is 0 Å². The van der Waals surface area contributed by atoms with Gasteiger partial charge in [-0.25, -0.2) is 0 Å². The van der Waals surface area contributed by atoms with Crippen LogP contribution in [0.25, 0.3) is 0 Å². The molecule has 2 nitrogen and oxygen atoms in total. The third-order valence-corrected chi connectivity index (χ3v) is 3.37. The molecule has 0 aromatic rings. The molecule has 2 heteroatoms. The molecule has 0 aromatic heterocycles. The summed E-state index contributed by atoms with van der Waals surface area (Å²) in [5.74, 6) is 0. The average Bonchev–Trinajstić information content (AvgIpc) is 2.39. The molecule has 0 saturated heterocycles. The van der Waals surface area contributed by atoms with Crippen molar-refractivity contribution in [3.05, 3.63) is 0 Å². The van der Waals surface area contributed by atoms with Crippen molar-refractivity contribution in [1.29, 1.82) is 0 Å². The van der Waals surface area contributed by atoms with Gasteiger partial charge in [-0.2, -0.15) is 0 Å². The van der Waals surface area contributed by atoms with E-state index in [2.05, 4.69) is 24.5 Å². The van der Waals surface area contributed by atoms with Crippen LogP contribution >= 0.6 is 0 Å². The molecule has 0 saturated carbocycles. The largest absolute Gasteiger partial charge is 0.317 e. The molecule has 0 aliphatic heterocycles. The van der Waals surface area contributed by atoms with Crippen molar-refractivity contribution in [2.45, 2.75) is 78.1 Å². The minimum Gasteiger partial charge on any atom is -0.317 e. The fourth-order valence-electron chi connectivity index (χ4n) is 2.10. The minimum atomic E-state index is 1.20. The highest BCUT2D eigenvalue weighted by molar-refractivity contribution is 4.53. The summed E-state index contributed by atoms with van der Waals surface area (Å²) in [6.07, 6.45) is 13.6. The van der Waals surface area contributed by atoms with Crippen molar-refractivity contribution in [2.24, 2.45) is 0 Å². The maximum Gasteiger partial charge on any atom is -0.00484 e. The summed E-state index contributed by atoms with van der Waals surface area (Å²) in [6, 6.07) is 0. The quantitative estimate of drug-likeness (QED) is 0.431. The van der Waals surface area contributed by atoms with E-state index >= 15 is 0 Å². The van der Waals surface area contributed by atoms with Crippen molar-refractivity contribution >= 4 is 0 Å². The maximum absolute atomic E-state index is 3.54. The zero-order valence-corrected chi connectivity index (χ0v) is 12.9. The summed E-state index contributed by atoms with van der Waals surface area (Å²) < 4.78 is 0. The molecule has 0 spiro atoms. The van der Waals surface area contributed by atoms with Crippen LogP contribution in [0.4, 0.5) is 0 Å². The summed E-state index contributed by atoms with van der Waals surface area (Å²) in [6.45, 7) is 9.35. The van der Waals surface area contributed by atoms with Gasteiger partial charge in [0.25, 0.3) is 0 Å². The first-order chi connectivity index (χ1) is 8.91. The van der Waals surface area contributed by atoms with Crippen LogP contribution in [0.5, 0.6) is 0 Å². The van der Waals surface area contributed by atoms with Crippen molar-refractivity contribution in [1.82, 2.24) is 10.6 Å². The number of unbranched alkanes of at least 4 members (excludes halogenated alkanes) is 7. The molecule has 2 N–H and O–H groups in total. The molecule has 0 bridgehead atoms. The first-order valence-electron chi connectivity index (χ1n) is 8.33. The molecule has 0 aliphatic carbocycles. The molecule has 110 valence electrons. The first kappa shape index (κ1) is 17.9. The van der Waals surface area contributed by atoms with Crippen molar-refractivity contribution in [3.63, 3.8) is 0 Å². The maximum atomic E-state index is 3.54. The third-order valence-electron chi connectivity index (χ3n) is 3.37. The highest BCUT2D eigenvalue weighted by Gasteiger charge is 1.91. The minimum absolute atomic E-state index is 1.20. The Balaban J connectivity index is 2.86. The van der Waals surface area contributed by atoms with E-state index in [-0.39, 0.29) is 0 Å². The van der Waals surface area contributed by atoms with Crippen LogP contribution in [0.2, 0.25) is 0 Å². The molecule has 0 fully saturated rings. The van der Waals surface area contributed by atoms with Crippen LogP contribution in [0, 0.1) is 0 Å². The smallest absolute Gasteiger partial charge is 0.00484 e. The zero-order chi connectivity index (χ0) is 13.3. The fourth-order valence-corrected chi connectivity index (χ4v) is 2.10. The van der Waals surface area contributed by atoms with E-state index in [1.165, 1.54) is 90.4 Å². The Bertz CT molecular complexity index is 121. The summed E-state index contributed by atoms with van der Waals surface area (Å²) in [7, 11) is 0. The van der Waals surface area contributed by atoms with Crippen LogP contribution < -0.4 is 10.6 Å². The molecule has 0 amide bonds. The first-order valence-corrected chi connectivity index (χ1v) is 8.33. The van der Waals surface area contributed by atoms with Gasteiger partial charge in [0.2, 0.25) is 0 Å². The molecular weight excluding hydrogens is 220 g/mol. The lowest BCUT2D eigenvalue weighted by atomic mass is 10.2. The van der Waals surface area contributed by atoms with Gasteiger partial charge >= 0.3 is 0 Å². The Morgan fingerprint density at radius 1 is 0.444 bits per heavy atom. The zero-order valence-electron chi connectivity index (χ0n) is 12.9. The van der Waals surface area contributed by atoms with Crippen molar-refractivity contribution in [3.8, 4) is 0 Å². The molecule has 0 atom stereocenters. The number of hydrogen-bond donors (Lipinski definition) is 2. The molecule has 0 aromatic carbocycles. The Labute approximate surface area is 115 Å². The summed E-state index contributed by atoms with van der Waals surface area (Å²) in [5.41, 5.74) is 0. The summed E-state index contributed by atoms with van der Waals surface area (Å²) >= 11 is 0. The van der Waals surface area contributed by atoms with E-state index in [9.17, 15) is 0 Å². The van der Waals surface area contributed by atoms with Gasteiger partial charge in [-0.15, -0.1) is 0 Å². The van der Waals surface area contributed by atoms with Crippen molar-refractivity contribution < 1.29 is 0 Å². The Morgan fingerprint density at radius 2 is 0.778 bits per heavy atom. The van der Waals surface area contributed by atoms with E-state index < -0.39 is 0 Å². The lowest BCUT2D eigenvalue weighted by molar-refractivity contribution is 0.546. The van der Waals surface area contributed by atoms with Gasteiger partial charge in [0, 0.05) is 0 Å². The second kappa shape index (κ2) is 16.9. The second-order valence-electron chi connectivity index (χ2n) is 5.33. The normalized spacial score (nSPS) is 11.0. The van der Waals surface area contributed by atoms with Gasteiger partial charge in [-0.05, 0) is 51.9 Å². The van der Waals surface area contributed by atoms with Crippen LogP contribution in [-0.2, 0) is 0 Å². The second-order valence-corrected chi connectivity index (χ2v) is 5.33. The molecule has 0 heterocycles. The Morgan fingerprint density at radius 3 is 1.11 bits per heavy atom. The average molecular weight is 256 g/mol. The number of nitrogens with one attached hydrogen (secondary N) is 2. The highest BCUT2D eigenvalue weighted by atomic mass is 14.9. The topological polar surface area (TPSA) is 24.1 Å². The highest BCUT2D eigenvalue weighted by Crippen LogP contribution is 1.98. The van der Waals surface area contributed by atoms with Gasteiger partial charge in [0.1, 0.15) is 0 Å². The van der Waals surface area contributed by atoms with Gasteiger partial charge < -0.3 is 10.6 Å². The number of hydrogen-bond acceptors (Lipinski definition) is 2. The van der Waals surface area contributed by atoms with E-state index in [0.717, 1.165) is 0 Å². The molecular formula is C16H36N2. The van der Waals surface area contributed by atoms with E-state index in [0.29, 0.717) is 0 Å². The van der Waals surface area contributed by atoms with E-state index in [4.69, 9.17) is 0 Å². The van der Waals surface area contributed by atoms with Gasteiger partial charge in [-0.1, -0.05) is 52.4 Å². The predicted octanol–water partition coefficient (Wildman–Crippen LogP) is 4.11. The van der Waals surface area contributed by atoms with Gasteiger partial charge in [0.15, 0.2) is 0 Å². The third kappa shape index (κ3) is 15.9. The Hall–Kier alpha value is -0.0800. The lowest BCUT2D eigenvalue weighted by Crippen LogP contribution is -2.20. The van der Waals surface area contributed by atoms with Crippen LogP contribution in [0.1, 0.15) is 78.1 Å². The predicted molar refractivity (Wildman–Crippen MR) is 83.3 cm³/mol. The fraction of sp³-hybridized carbons (Fsp3) is 1.00. The lowest BCUT2D eigenvalue weighted by Gasteiger charge is -2.06. The van der Waals surface area contributed by atoms with Crippen molar-refractivity contribution in [2.75, 3.05) is 26.2 Å². The van der Waals surface area contributed by atoms with E-state index in [1.54, 1.807) is 0 Å². The summed E-state index contributed by atoms with van der Waals surface area (Å²) in [5, 5.41) is 7.07. The van der Waals surface area contributed by atoms with E-state index in [1.807, 2.05) is 0 Å². The van der Waals surface area contributed by atoms with Crippen LogP contribution in [0.15, 0.2) is 0 Å². The SMILES string of the molecule is CCCCCCNCCCCNCCCCCC. The van der Waals surface area contributed by atoms with Crippen LogP contribution in [0.3, 0.4) is 0 Å². The molecule has 18 heavy (non-hydrogen) atoms. The van der Waals surface area contributed by atoms with Gasteiger partial charge in [0.05, 0.1) is 0 Å². The molecule has 0 radical (unpaired) electrons. The molecule has 0 unspecified atom stereocenters. The molecule has 0 rings (SSSR count). The number of rotatable bonds is 15. The standard InChI is InChI=1S/C16H36N2/c1-3-5-7-9-13-17-15-11-12-16-18-14-10-8-6-4-2/h17-18H,3-16H2,1-2H3. The van der Waals surface area contributed by atoms with Crippen LogP contribution in [-0.4, -0.2) is 26.2 Å².